The largest absolute Gasteiger partial charge is 0.382 e. The molecule has 5 heteroatoms. The van der Waals surface area contributed by atoms with Gasteiger partial charge in [0.25, 0.3) is 0 Å². The molecule has 2 aromatic rings. The van der Waals surface area contributed by atoms with Gasteiger partial charge >= 0.3 is 0 Å². The van der Waals surface area contributed by atoms with Crippen molar-refractivity contribution in [3.05, 3.63) is 24.3 Å². The van der Waals surface area contributed by atoms with Gasteiger partial charge in [0.2, 0.25) is 0 Å². The molecule has 3 rings (SSSR count). The van der Waals surface area contributed by atoms with Crippen molar-refractivity contribution in [1.29, 1.82) is 0 Å². The van der Waals surface area contributed by atoms with Crippen LogP contribution >= 0.6 is 0 Å². The molecule has 0 unspecified atom stereocenters. The fourth-order valence-corrected chi connectivity index (χ4v) is 2.99. The molecule has 0 bridgehead atoms. The average Bonchev–Trinajstić information content (AvgIpc) is 2.98. The Bertz CT molecular complexity index is 584. The third-order valence-electron chi connectivity index (χ3n) is 4.11. The van der Waals surface area contributed by atoms with Gasteiger partial charge in [0.05, 0.1) is 6.04 Å². The molecule has 112 valence electrons. The Morgan fingerprint density at radius 2 is 1.90 bits per heavy atom. The Hall–Kier alpha value is -1.91. The molecule has 0 aliphatic heterocycles. The van der Waals surface area contributed by atoms with Gasteiger partial charge in [-0.2, -0.15) is 0 Å². The van der Waals surface area contributed by atoms with Gasteiger partial charge in [0.15, 0.2) is 5.82 Å². The predicted octanol–water partition coefficient (Wildman–Crippen LogP) is 3.67. The van der Waals surface area contributed by atoms with E-state index >= 15 is 0 Å². The van der Waals surface area contributed by atoms with E-state index in [2.05, 4.69) is 52.9 Å². The normalized spacial score (nSPS) is 16.3. The summed E-state index contributed by atoms with van der Waals surface area (Å²) in [7, 11) is 0. The van der Waals surface area contributed by atoms with Crippen LogP contribution in [0.1, 0.15) is 52.0 Å². The summed E-state index contributed by atoms with van der Waals surface area (Å²) in [6, 6.07) is 9.15. The topological polar surface area (TPSA) is 55.6 Å². The first kappa shape index (κ1) is 14.0. The molecule has 1 heterocycles. The highest BCUT2D eigenvalue weighted by Crippen LogP contribution is 2.30. The van der Waals surface area contributed by atoms with Gasteiger partial charge in [-0.25, -0.2) is 4.68 Å². The van der Waals surface area contributed by atoms with Gasteiger partial charge in [0, 0.05) is 17.3 Å². The maximum Gasteiger partial charge on any atom is 0.184 e. The monoisotopic (exact) mass is 285 g/mol. The van der Waals surface area contributed by atoms with Gasteiger partial charge in [-0.1, -0.05) is 31.4 Å². The predicted molar refractivity (Wildman–Crippen MR) is 84.1 cm³/mol. The molecular formula is C16H23N5. The maximum absolute atomic E-state index is 4.22. The van der Waals surface area contributed by atoms with Gasteiger partial charge in [-0.3, -0.25) is 0 Å². The Morgan fingerprint density at radius 3 is 2.67 bits per heavy atom. The molecule has 0 amide bonds. The summed E-state index contributed by atoms with van der Waals surface area (Å²) in [4.78, 5) is 0. The molecule has 21 heavy (non-hydrogen) atoms. The molecule has 0 atom stereocenters. The number of nitrogens with one attached hydrogen (secondary N) is 1. The van der Waals surface area contributed by atoms with Gasteiger partial charge in [0.1, 0.15) is 0 Å². The van der Waals surface area contributed by atoms with E-state index in [4.69, 9.17) is 0 Å². The molecule has 0 saturated heterocycles. The number of aromatic nitrogens is 4. The lowest BCUT2D eigenvalue weighted by molar-refractivity contribution is 0.463. The summed E-state index contributed by atoms with van der Waals surface area (Å²) < 4.78 is 1.88. The summed E-state index contributed by atoms with van der Waals surface area (Å²) >= 11 is 0. The first-order chi connectivity index (χ1) is 10.3. The van der Waals surface area contributed by atoms with Gasteiger partial charge in [-0.05, 0) is 49.2 Å². The van der Waals surface area contributed by atoms with E-state index in [9.17, 15) is 0 Å². The number of benzene rings is 1. The van der Waals surface area contributed by atoms with E-state index in [0.717, 1.165) is 17.1 Å². The summed E-state index contributed by atoms with van der Waals surface area (Å²) in [5, 5.41) is 15.9. The minimum Gasteiger partial charge on any atom is -0.382 e. The number of hydrogen-bond acceptors (Lipinski definition) is 4. The fourth-order valence-electron chi connectivity index (χ4n) is 2.99. The van der Waals surface area contributed by atoms with E-state index in [0.29, 0.717) is 6.04 Å². The molecular weight excluding hydrogens is 262 g/mol. The van der Waals surface area contributed by atoms with Crippen molar-refractivity contribution in [3.8, 4) is 11.4 Å². The van der Waals surface area contributed by atoms with Crippen LogP contribution in [0.4, 0.5) is 5.69 Å². The van der Waals surface area contributed by atoms with Gasteiger partial charge < -0.3 is 5.32 Å². The Morgan fingerprint density at radius 1 is 1.14 bits per heavy atom. The third kappa shape index (κ3) is 3.06. The molecule has 1 aliphatic carbocycles. The van der Waals surface area contributed by atoms with E-state index in [1.54, 1.807) is 0 Å². The zero-order valence-electron chi connectivity index (χ0n) is 12.8. The number of hydrogen-bond donors (Lipinski definition) is 1. The second kappa shape index (κ2) is 6.24. The molecule has 1 saturated carbocycles. The molecule has 1 fully saturated rings. The molecule has 1 aromatic carbocycles. The van der Waals surface area contributed by atoms with Crippen molar-refractivity contribution in [2.24, 2.45) is 0 Å². The highest BCUT2D eigenvalue weighted by Gasteiger charge is 2.18. The lowest BCUT2D eigenvalue weighted by Gasteiger charge is -2.25. The minimum atomic E-state index is 0.248. The number of nitrogens with zero attached hydrogens (tertiary/aromatic N) is 4. The molecule has 1 aliphatic rings. The second-order valence-electron chi connectivity index (χ2n) is 6.07. The quantitative estimate of drug-likeness (QED) is 0.931. The fraction of sp³-hybridized carbons (Fsp3) is 0.562. The van der Waals surface area contributed by atoms with Crippen LogP contribution in [-0.2, 0) is 0 Å². The summed E-state index contributed by atoms with van der Waals surface area (Å²) in [5.74, 6) is 0.837. The van der Waals surface area contributed by atoms with Crippen LogP contribution in [0.15, 0.2) is 24.3 Å². The summed E-state index contributed by atoms with van der Waals surface area (Å²) in [6.07, 6.45) is 6.52. The number of rotatable bonds is 4. The standard InChI is InChI=1S/C16H23N5/c1-12(2)21-16(18-19-20-21)14-10-6-7-11-15(14)17-13-8-4-3-5-9-13/h6-7,10-13,17H,3-5,8-9H2,1-2H3. The number of para-hydroxylation sites is 1. The summed E-state index contributed by atoms with van der Waals surface area (Å²) in [5.41, 5.74) is 2.22. The highest BCUT2D eigenvalue weighted by molar-refractivity contribution is 5.73. The van der Waals surface area contributed by atoms with Crippen molar-refractivity contribution in [1.82, 2.24) is 20.2 Å². The SMILES string of the molecule is CC(C)n1nnnc1-c1ccccc1NC1CCCCC1. The maximum atomic E-state index is 4.22. The van der Waals surface area contributed by atoms with Crippen LogP contribution in [0.3, 0.4) is 0 Å². The third-order valence-corrected chi connectivity index (χ3v) is 4.11. The van der Waals surface area contributed by atoms with Crippen molar-refractivity contribution >= 4 is 5.69 Å². The molecule has 0 spiro atoms. The molecule has 1 aromatic heterocycles. The Labute approximate surface area is 125 Å². The van der Waals surface area contributed by atoms with Gasteiger partial charge in [-0.15, -0.1) is 5.10 Å². The molecule has 0 radical (unpaired) electrons. The van der Waals surface area contributed by atoms with Crippen LogP contribution in [0.5, 0.6) is 0 Å². The van der Waals surface area contributed by atoms with Crippen LogP contribution in [0, 0.1) is 0 Å². The molecule has 1 N–H and O–H groups in total. The zero-order chi connectivity index (χ0) is 14.7. The summed E-state index contributed by atoms with van der Waals surface area (Å²) in [6.45, 7) is 4.19. The van der Waals surface area contributed by atoms with E-state index in [-0.39, 0.29) is 6.04 Å². The van der Waals surface area contributed by atoms with Crippen molar-refractivity contribution < 1.29 is 0 Å². The van der Waals surface area contributed by atoms with Crippen LogP contribution < -0.4 is 5.32 Å². The van der Waals surface area contributed by atoms with Crippen molar-refractivity contribution in [2.45, 2.75) is 58.0 Å². The lowest BCUT2D eigenvalue weighted by Crippen LogP contribution is -2.22. The van der Waals surface area contributed by atoms with Crippen molar-refractivity contribution in [3.63, 3.8) is 0 Å². The van der Waals surface area contributed by atoms with Crippen LogP contribution in [0.25, 0.3) is 11.4 Å². The van der Waals surface area contributed by atoms with Crippen LogP contribution in [0.2, 0.25) is 0 Å². The number of anilines is 1. The van der Waals surface area contributed by atoms with Crippen molar-refractivity contribution in [2.75, 3.05) is 5.32 Å². The second-order valence-corrected chi connectivity index (χ2v) is 6.07. The minimum absolute atomic E-state index is 0.248. The number of tetrazole rings is 1. The first-order valence-electron chi connectivity index (χ1n) is 7.89. The Kier molecular flexibility index (Phi) is 4.18. The lowest BCUT2D eigenvalue weighted by atomic mass is 9.95. The zero-order valence-corrected chi connectivity index (χ0v) is 12.8. The van der Waals surface area contributed by atoms with Crippen LogP contribution in [-0.4, -0.2) is 26.2 Å². The molecule has 5 nitrogen and oxygen atoms in total. The van der Waals surface area contributed by atoms with E-state index in [1.165, 1.54) is 32.1 Å². The Balaban J connectivity index is 1.90. The average molecular weight is 285 g/mol. The van der Waals surface area contributed by atoms with E-state index < -0.39 is 0 Å². The van der Waals surface area contributed by atoms with E-state index in [1.807, 2.05) is 10.7 Å². The smallest absolute Gasteiger partial charge is 0.184 e. The first-order valence-corrected chi connectivity index (χ1v) is 7.89. The highest BCUT2D eigenvalue weighted by atomic mass is 15.5.